The first-order valence-corrected chi connectivity index (χ1v) is 8.62. The summed E-state index contributed by atoms with van der Waals surface area (Å²) in [4.78, 5) is 25.2. The predicted molar refractivity (Wildman–Crippen MR) is 93.3 cm³/mol. The van der Waals surface area contributed by atoms with Gasteiger partial charge >= 0.3 is 0 Å². The lowest BCUT2D eigenvalue weighted by molar-refractivity contribution is -0.136. The Bertz CT molecular complexity index is 789. The number of rotatable bonds is 2. The van der Waals surface area contributed by atoms with Crippen LogP contribution in [0.4, 0.5) is 11.5 Å². The number of aromatic nitrogens is 2. The molecular formula is C19H22N4O. The molecule has 1 aromatic carbocycles. The van der Waals surface area contributed by atoms with Crippen molar-refractivity contribution >= 4 is 17.4 Å². The number of hydrogen-bond donors (Lipinski definition) is 0. The monoisotopic (exact) mass is 322 g/mol. The molecule has 3 heterocycles. The standard InChI is InChI=1S/C19H22N4O/c1-13-20-16(18-9-11-22(18)14(2)24)12-19(21-13)23-10-5-7-15-6-3-4-8-17(15)23/h3-4,6,8,12,18H,5,7,9-11H2,1-2H3/t18-/m1/s1. The zero-order chi connectivity index (χ0) is 16.7. The highest BCUT2D eigenvalue weighted by Crippen LogP contribution is 2.36. The molecule has 0 spiro atoms. The molecule has 2 aliphatic heterocycles. The van der Waals surface area contributed by atoms with E-state index in [1.807, 2.05) is 11.8 Å². The van der Waals surface area contributed by atoms with Crippen molar-refractivity contribution in [3.8, 4) is 0 Å². The SMILES string of the molecule is CC(=O)N1CC[C@@H]1c1cc(N2CCCc3ccccc32)nc(C)n1. The lowest BCUT2D eigenvalue weighted by Gasteiger charge is -2.40. The van der Waals surface area contributed by atoms with Gasteiger partial charge in [0.05, 0.1) is 11.7 Å². The lowest BCUT2D eigenvalue weighted by atomic mass is 9.98. The highest BCUT2D eigenvalue weighted by molar-refractivity contribution is 5.75. The molecule has 24 heavy (non-hydrogen) atoms. The van der Waals surface area contributed by atoms with Crippen LogP contribution in [-0.2, 0) is 11.2 Å². The molecule has 2 aromatic rings. The molecule has 0 saturated carbocycles. The van der Waals surface area contributed by atoms with Gasteiger partial charge in [-0.2, -0.15) is 0 Å². The first kappa shape index (κ1) is 15.1. The van der Waals surface area contributed by atoms with E-state index in [1.165, 1.54) is 11.3 Å². The number of amides is 1. The third kappa shape index (κ3) is 2.54. The van der Waals surface area contributed by atoms with E-state index in [0.717, 1.165) is 49.7 Å². The second kappa shape index (κ2) is 5.89. The van der Waals surface area contributed by atoms with Crippen molar-refractivity contribution in [3.05, 3.63) is 47.4 Å². The van der Waals surface area contributed by atoms with Crippen molar-refractivity contribution in [2.45, 2.75) is 39.2 Å². The fourth-order valence-corrected chi connectivity index (χ4v) is 3.73. The van der Waals surface area contributed by atoms with E-state index in [1.54, 1.807) is 6.92 Å². The Hall–Kier alpha value is -2.43. The van der Waals surface area contributed by atoms with E-state index >= 15 is 0 Å². The summed E-state index contributed by atoms with van der Waals surface area (Å²) in [6.45, 7) is 5.35. The largest absolute Gasteiger partial charge is 0.334 e. The number of fused-ring (bicyclic) bond motifs is 1. The van der Waals surface area contributed by atoms with Crippen LogP contribution < -0.4 is 4.90 Å². The average molecular weight is 322 g/mol. The molecule has 5 heteroatoms. The molecule has 1 aromatic heterocycles. The highest BCUT2D eigenvalue weighted by Gasteiger charge is 2.33. The summed E-state index contributed by atoms with van der Waals surface area (Å²) in [5, 5.41) is 0. The Morgan fingerprint density at radius 2 is 2.04 bits per heavy atom. The predicted octanol–water partition coefficient (Wildman–Crippen LogP) is 3.16. The minimum absolute atomic E-state index is 0.1000. The summed E-state index contributed by atoms with van der Waals surface area (Å²) in [5.41, 5.74) is 3.57. The topological polar surface area (TPSA) is 49.3 Å². The zero-order valence-electron chi connectivity index (χ0n) is 14.2. The van der Waals surface area contributed by atoms with Crippen molar-refractivity contribution < 1.29 is 4.79 Å². The van der Waals surface area contributed by atoms with Crippen LogP contribution >= 0.6 is 0 Å². The number of aryl methyl sites for hydroxylation is 2. The fraction of sp³-hybridized carbons (Fsp3) is 0.421. The van der Waals surface area contributed by atoms with Gasteiger partial charge in [-0.05, 0) is 37.8 Å². The molecule has 2 aliphatic rings. The fourth-order valence-electron chi connectivity index (χ4n) is 3.73. The summed E-state index contributed by atoms with van der Waals surface area (Å²) in [6.07, 6.45) is 3.22. The van der Waals surface area contributed by atoms with E-state index in [0.29, 0.717) is 0 Å². The van der Waals surface area contributed by atoms with Crippen LogP contribution in [0, 0.1) is 6.92 Å². The second-order valence-corrected chi connectivity index (χ2v) is 6.60. The molecule has 124 valence electrons. The zero-order valence-corrected chi connectivity index (χ0v) is 14.2. The maximum Gasteiger partial charge on any atom is 0.220 e. The Balaban J connectivity index is 1.71. The van der Waals surface area contributed by atoms with Crippen molar-refractivity contribution in [3.63, 3.8) is 0 Å². The van der Waals surface area contributed by atoms with Gasteiger partial charge < -0.3 is 9.80 Å². The summed E-state index contributed by atoms with van der Waals surface area (Å²) in [6, 6.07) is 10.7. The summed E-state index contributed by atoms with van der Waals surface area (Å²) in [7, 11) is 0. The van der Waals surface area contributed by atoms with Crippen LogP contribution in [0.2, 0.25) is 0 Å². The maximum absolute atomic E-state index is 11.7. The number of carbonyl (C=O) groups is 1. The normalized spacial score (nSPS) is 19.7. The number of hydrogen-bond acceptors (Lipinski definition) is 4. The maximum atomic E-state index is 11.7. The number of benzene rings is 1. The van der Waals surface area contributed by atoms with Gasteiger partial charge in [0, 0.05) is 31.8 Å². The van der Waals surface area contributed by atoms with Gasteiger partial charge in [-0.1, -0.05) is 18.2 Å². The second-order valence-electron chi connectivity index (χ2n) is 6.60. The lowest BCUT2D eigenvalue weighted by Crippen LogP contribution is -2.44. The molecule has 4 rings (SSSR count). The van der Waals surface area contributed by atoms with Gasteiger partial charge in [0.2, 0.25) is 5.91 Å². The molecule has 1 amide bonds. The summed E-state index contributed by atoms with van der Waals surface area (Å²) >= 11 is 0. The number of nitrogens with zero attached hydrogens (tertiary/aromatic N) is 4. The van der Waals surface area contributed by atoms with Crippen molar-refractivity contribution in [1.29, 1.82) is 0 Å². The van der Waals surface area contributed by atoms with E-state index in [4.69, 9.17) is 0 Å². The molecule has 0 radical (unpaired) electrons. The first-order valence-electron chi connectivity index (χ1n) is 8.62. The minimum Gasteiger partial charge on any atom is -0.334 e. The third-order valence-electron chi connectivity index (χ3n) is 5.00. The third-order valence-corrected chi connectivity index (χ3v) is 5.00. The molecule has 1 saturated heterocycles. The number of anilines is 2. The van der Waals surface area contributed by atoms with E-state index in [9.17, 15) is 4.79 Å². The molecular weight excluding hydrogens is 300 g/mol. The molecule has 1 atom stereocenters. The van der Waals surface area contributed by atoms with Crippen LogP contribution in [0.5, 0.6) is 0 Å². The van der Waals surface area contributed by atoms with Crippen LogP contribution in [0.25, 0.3) is 0 Å². The molecule has 0 bridgehead atoms. The van der Waals surface area contributed by atoms with E-state index in [2.05, 4.69) is 45.2 Å². The number of likely N-dealkylation sites (tertiary alicyclic amines) is 1. The highest BCUT2D eigenvalue weighted by atomic mass is 16.2. The van der Waals surface area contributed by atoms with Crippen LogP contribution in [0.1, 0.15) is 42.9 Å². The average Bonchev–Trinajstić information content (AvgIpc) is 2.52. The van der Waals surface area contributed by atoms with Gasteiger partial charge in [0.15, 0.2) is 0 Å². The van der Waals surface area contributed by atoms with Crippen molar-refractivity contribution in [1.82, 2.24) is 14.9 Å². The first-order chi connectivity index (χ1) is 11.6. The van der Waals surface area contributed by atoms with Crippen molar-refractivity contribution in [2.75, 3.05) is 18.0 Å². The number of para-hydroxylation sites is 1. The molecule has 1 fully saturated rings. The Kier molecular flexibility index (Phi) is 3.71. The van der Waals surface area contributed by atoms with Gasteiger partial charge in [-0.3, -0.25) is 4.79 Å². The quantitative estimate of drug-likeness (QED) is 0.852. The van der Waals surface area contributed by atoms with Crippen LogP contribution in [0.15, 0.2) is 30.3 Å². The minimum atomic E-state index is 0.1000. The summed E-state index contributed by atoms with van der Waals surface area (Å²) in [5.74, 6) is 1.83. The van der Waals surface area contributed by atoms with Gasteiger partial charge in [0.1, 0.15) is 11.6 Å². The molecule has 0 aliphatic carbocycles. The van der Waals surface area contributed by atoms with Crippen LogP contribution in [0.3, 0.4) is 0 Å². The van der Waals surface area contributed by atoms with E-state index in [-0.39, 0.29) is 11.9 Å². The van der Waals surface area contributed by atoms with Crippen molar-refractivity contribution in [2.24, 2.45) is 0 Å². The summed E-state index contributed by atoms with van der Waals surface area (Å²) < 4.78 is 0. The van der Waals surface area contributed by atoms with Gasteiger partial charge in [-0.15, -0.1) is 0 Å². The Morgan fingerprint density at radius 3 is 2.79 bits per heavy atom. The Morgan fingerprint density at radius 1 is 1.21 bits per heavy atom. The van der Waals surface area contributed by atoms with E-state index < -0.39 is 0 Å². The molecule has 0 unspecified atom stereocenters. The van der Waals surface area contributed by atoms with Crippen LogP contribution in [-0.4, -0.2) is 33.9 Å². The smallest absolute Gasteiger partial charge is 0.220 e. The molecule has 0 N–H and O–H groups in total. The van der Waals surface area contributed by atoms with Gasteiger partial charge in [0.25, 0.3) is 0 Å². The van der Waals surface area contributed by atoms with Gasteiger partial charge in [-0.25, -0.2) is 9.97 Å². The number of carbonyl (C=O) groups excluding carboxylic acids is 1. The Labute approximate surface area is 142 Å². The molecule has 5 nitrogen and oxygen atoms in total.